The van der Waals surface area contributed by atoms with Gasteiger partial charge in [0.05, 0.1) is 6.54 Å². The molecule has 172 valence electrons. The molecule has 2 aromatic carbocycles. The Kier molecular flexibility index (Phi) is 10.2. The molecule has 7 heteroatoms. The Hall–Kier alpha value is -3.35. The first-order chi connectivity index (χ1) is 15.4. The van der Waals surface area contributed by atoms with Crippen molar-refractivity contribution in [2.75, 3.05) is 13.1 Å². The summed E-state index contributed by atoms with van der Waals surface area (Å²) >= 11 is 0. The molecule has 0 radical (unpaired) electrons. The van der Waals surface area contributed by atoms with E-state index in [1.54, 1.807) is 11.8 Å². The summed E-state index contributed by atoms with van der Waals surface area (Å²) in [6.07, 6.45) is 2.29. The smallest absolute Gasteiger partial charge is 0.242 e. The minimum Gasteiger partial charge on any atom is -0.457 e. The summed E-state index contributed by atoms with van der Waals surface area (Å²) in [6.45, 7) is 4.76. The number of unbranched alkanes of at least 4 members (excludes halogenated alkanes) is 1. The molecule has 0 heterocycles. The predicted octanol–water partition coefficient (Wildman–Crippen LogP) is 3.63. The van der Waals surface area contributed by atoms with Gasteiger partial charge in [-0.1, -0.05) is 50.6 Å². The van der Waals surface area contributed by atoms with Gasteiger partial charge in [0, 0.05) is 25.4 Å². The zero-order valence-electron chi connectivity index (χ0n) is 18.9. The molecule has 7 nitrogen and oxygen atoms in total. The van der Waals surface area contributed by atoms with Gasteiger partial charge in [0.1, 0.15) is 11.5 Å². The third-order valence-electron chi connectivity index (χ3n) is 5.15. The molecule has 3 amide bonds. The molecule has 0 aromatic heterocycles. The van der Waals surface area contributed by atoms with Crippen LogP contribution in [0.2, 0.25) is 0 Å². The molecule has 0 spiro atoms. The van der Waals surface area contributed by atoms with Gasteiger partial charge < -0.3 is 20.7 Å². The number of hydrogen-bond acceptors (Lipinski definition) is 4. The van der Waals surface area contributed by atoms with E-state index in [1.807, 2.05) is 54.6 Å². The second kappa shape index (κ2) is 13.1. The van der Waals surface area contributed by atoms with E-state index in [2.05, 4.69) is 12.2 Å². The molecule has 1 unspecified atom stereocenters. The molecule has 0 saturated carbocycles. The molecule has 0 fully saturated rings. The summed E-state index contributed by atoms with van der Waals surface area (Å²) in [5, 5.41) is 2.63. The summed E-state index contributed by atoms with van der Waals surface area (Å²) in [7, 11) is 0. The highest BCUT2D eigenvalue weighted by Crippen LogP contribution is 2.22. The van der Waals surface area contributed by atoms with Gasteiger partial charge in [-0.05, 0) is 42.7 Å². The van der Waals surface area contributed by atoms with Crippen molar-refractivity contribution in [2.45, 2.75) is 46.1 Å². The number of nitrogens with zero attached hydrogens (tertiary/aromatic N) is 1. The van der Waals surface area contributed by atoms with Crippen LogP contribution in [0.15, 0.2) is 54.6 Å². The van der Waals surface area contributed by atoms with E-state index < -0.39 is 11.8 Å². The van der Waals surface area contributed by atoms with Gasteiger partial charge in [-0.15, -0.1) is 0 Å². The average Bonchev–Trinajstić information content (AvgIpc) is 2.79. The second-order valence-corrected chi connectivity index (χ2v) is 7.72. The zero-order chi connectivity index (χ0) is 23.3. The molecule has 2 aromatic rings. The normalized spacial score (nSPS) is 11.4. The standard InChI is InChI=1S/C25H33N3O4/c1-3-5-14-28(24(30)17-27-23(29)16-20(4-2)25(26)31)18-19-10-9-13-22(15-19)32-21-11-7-6-8-12-21/h6-13,15,20H,3-5,14,16-18H2,1-2H3,(H2,26,31)(H,27,29). The number of nitrogens with one attached hydrogen (secondary N) is 1. The number of carbonyl (C=O) groups excluding carboxylic acids is 3. The summed E-state index contributed by atoms with van der Waals surface area (Å²) in [5.41, 5.74) is 6.24. The number of hydrogen-bond donors (Lipinski definition) is 2. The molecular formula is C25H33N3O4. The van der Waals surface area contributed by atoms with Crippen molar-refractivity contribution in [2.24, 2.45) is 11.7 Å². The van der Waals surface area contributed by atoms with Crippen LogP contribution in [0.1, 0.15) is 45.1 Å². The Bertz CT molecular complexity index is 886. The van der Waals surface area contributed by atoms with Crippen molar-refractivity contribution < 1.29 is 19.1 Å². The topological polar surface area (TPSA) is 102 Å². The van der Waals surface area contributed by atoms with Gasteiger partial charge >= 0.3 is 0 Å². The predicted molar refractivity (Wildman–Crippen MR) is 124 cm³/mol. The maximum atomic E-state index is 12.8. The van der Waals surface area contributed by atoms with Crippen molar-refractivity contribution in [3.8, 4) is 11.5 Å². The van der Waals surface area contributed by atoms with Crippen molar-refractivity contribution in [1.29, 1.82) is 0 Å². The molecule has 32 heavy (non-hydrogen) atoms. The molecule has 0 aliphatic carbocycles. The maximum absolute atomic E-state index is 12.8. The number of rotatable bonds is 13. The number of amides is 3. The Labute approximate surface area is 189 Å². The number of primary amides is 1. The molecule has 3 N–H and O–H groups in total. The highest BCUT2D eigenvalue weighted by atomic mass is 16.5. The molecular weight excluding hydrogens is 406 g/mol. The Balaban J connectivity index is 1.98. The fourth-order valence-electron chi connectivity index (χ4n) is 3.22. The number of para-hydroxylation sites is 1. The first kappa shape index (κ1) is 24.9. The summed E-state index contributed by atoms with van der Waals surface area (Å²) in [6, 6.07) is 17.1. The lowest BCUT2D eigenvalue weighted by Crippen LogP contribution is -2.41. The second-order valence-electron chi connectivity index (χ2n) is 7.72. The Morgan fingerprint density at radius 1 is 1.03 bits per heavy atom. The minimum absolute atomic E-state index is 0.00700. The minimum atomic E-state index is -0.520. The number of carbonyl (C=O) groups is 3. The maximum Gasteiger partial charge on any atom is 0.242 e. The van der Waals surface area contributed by atoms with E-state index in [1.165, 1.54) is 0 Å². The van der Waals surface area contributed by atoms with E-state index in [9.17, 15) is 14.4 Å². The highest BCUT2D eigenvalue weighted by molar-refractivity contribution is 5.88. The lowest BCUT2D eigenvalue weighted by atomic mass is 10.0. The average molecular weight is 440 g/mol. The third kappa shape index (κ3) is 8.41. The van der Waals surface area contributed by atoms with Crippen LogP contribution in [0.3, 0.4) is 0 Å². The van der Waals surface area contributed by atoms with Crippen LogP contribution in [0.4, 0.5) is 0 Å². The quantitative estimate of drug-likeness (QED) is 0.498. The Morgan fingerprint density at radius 2 is 1.75 bits per heavy atom. The fourth-order valence-corrected chi connectivity index (χ4v) is 3.22. The van der Waals surface area contributed by atoms with E-state index in [0.29, 0.717) is 25.3 Å². The van der Waals surface area contributed by atoms with Gasteiger partial charge in [-0.3, -0.25) is 14.4 Å². The van der Waals surface area contributed by atoms with Gasteiger partial charge in [0.2, 0.25) is 17.7 Å². The van der Waals surface area contributed by atoms with Gasteiger partial charge in [-0.2, -0.15) is 0 Å². The molecule has 1 atom stereocenters. The number of benzene rings is 2. The van der Waals surface area contributed by atoms with Crippen LogP contribution >= 0.6 is 0 Å². The summed E-state index contributed by atoms with van der Waals surface area (Å²) < 4.78 is 5.89. The summed E-state index contributed by atoms with van der Waals surface area (Å²) in [4.78, 5) is 38.0. The highest BCUT2D eigenvalue weighted by Gasteiger charge is 2.19. The molecule has 2 rings (SSSR count). The van der Waals surface area contributed by atoms with Crippen LogP contribution in [-0.4, -0.2) is 35.7 Å². The molecule has 0 aliphatic rings. The van der Waals surface area contributed by atoms with Crippen LogP contribution in [0.5, 0.6) is 11.5 Å². The summed E-state index contributed by atoms with van der Waals surface area (Å²) in [5.74, 6) is -0.106. The lowest BCUT2D eigenvalue weighted by Gasteiger charge is -2.23. The fraction of sp³-hybridized carbons (Fsp3) is 0.400. The van der Waals surface area contributed by atoms with Crippen LogP contribution in [0.25, 0.3) is 0 Å². The van der Waals surface area contributed by atoms with E-state index >= 15 is 0 Å². The lowest BCUT2D eigenvalue weighted by molar-refractivity contribution is -0.134. The first-order valence-corrected chi connectivity index (χ1v) is 11.1. The van der Waals surface area contributed by atoms with Crippen molar-refractivity contribution in [1.82, 2.24) is 10.2 Å². The number of ether oxygens (including phenoxy) is 1. The molecule has 0 aliphatic heterocycles. The van der Waals surface area contributed by atoms with Crippen molar-refractivity contribution in [3.05, 3.63) is 60.2 Å². The van der Waals surface area contributed by atoms with Crippen LogP contribution in [0, 0.1) is 5.92 Å². The molecule has 0 bridgehead atoms. The van der Waals surface area contributed by atoms with E-state index in [-0.39, 0.29) is 24.8 Å². The molecule has 0 saturated heterocycles. The number of nitrogens with two attached hydrogens (primary N) is 1. The van der Waals surface area contributed by atoms with Crippen LogP contribution in [-0.2, 0) is 20.9 Å². The van der Waals surface area contributed by atoms with Gasteiger partial charge in [-0.25, -0.2) is 0 Å². The van der Waals surface area contributed by atoms with E-state index in [4.69, 9.17) is 10.5 Å². The first-order valence-electron chi connectivity index (χ1n) is 11.1. The van der Waals surface area contributed by atoms with Crippen molar-refractivity contribution in [3.63, 3.8) is 0 Å². The third-order valence-corrected chi connectivity index (χ3v) is 5.15. The van der Waals surface area contributed by atoms with Gasteiger partial charge in [0.15, 0.2) is 0 Å². The van der Waals surface area contributed by atoms with Crippen LogP contribution < -0.4 is 15.8 Å². The monoisotopic (exact) mass is 439 g/mol. The zero-order valence-corrected chi connectivity index (χ0v) is 18.9. The SMILES string of the molecule is CCCCN(Cc1cccc(Oc2ccccc2)c1)C(=O)CNC(=O)CC(CC)C(N)=O. The van der Waals surface area contributed by atoms with E-state index in [0.717, 1.165) is 24.2 Å². The van der Waals surface area contributed by atoms with Crippen molar-refractivity contribution >= 4 is 17.7 Å². The largest absolute Gasteiger partial charge is 0.457 e. The van der Waals surface area contributed by atoms with Gasteiger partial charge in [0.25, 0.3) is 0 Å². The Morgan fingerprint density at radius 3 is 2.41 bits per heavy atom.